The third-order valence-corrected chi connectivity index (χ3v) is 6.67. The number of aromatic amines is 1. The topological polar surface area (TPSA) is 65.4 Å². The molecule has 0 bridgehead atoms. The second-order valence-corrected chi connectivity index (χ2v) is 8.79. The molecule has 0 unspecified atom stereocenters. The van der Waals surface area contributed by atoms with Crippen LogP contribution in [0.4, 0.5) is 0 Å². The van der Waals surface area contributed by atoms with Crippen molar-refractivity contribution in [1.82, 2.24) is 19.8 Å². The third-order valence-electron chi connectivity index (χ3n) is 5.66. The molecule has 7 heteroatoms. The van der Waals surface area contributed by atoms with Gasteiger partial charge in [-0.25, -0.2) is 4.98 Å². The maximum absolute atomic E-state index is 12.4. The molecular weight excluding hydrogens is 408 g/mol. The van der Waals surface area contributed by atoms with E-state index in [9.17, 15) is 4.79 Å². The van der Waals surface area contributed by atoms with E-state index in [1.807, 2.05) is 13.0 Å². The van der Waals surface area contributed by atoms with Crippen molar-refractivity contribution in [2.24, 2.45) is 0 Å². The molecule has 0 saturated heterocycles. The minimum Gasteiger partial charge on any atom is -0.447 e. The van der Waals surface area contributed by atoms with E-state index in [0.29, 0.717) is 24.7 Å². The first-order valence-corrected chi connectivity index (χ1v) is 11.4. The Morgan fingerprint density at radius 3 is 2.84 bits per heavy atom. The van der Waals surface area contributed by atoms with Gasteiger partial charge in [0.1, 0.15) is 6.26 Å². The van der Waals surface area contributed by atoms with Crippen molar-refractivity contribution in [2.45, 2.75) is 33.4 Å². The quantitative estimate of drug-likeness (QED) is 0.407. The zero-order valence-electron chi connectivity index (χ0n) is 18.2. The van der Waals surface area contributed by atoms with E-state index in [1.165, 1.54) is 27.7 Å². The van der Waals surface area contributed by atoms with Crippen LogP contribution >= 0.6 is 11.3 Å². The normalized spacial score (nSPS) is 11.5. The van der Waals surface area contributed by atoms with Crippen LogP contribution in [0.5, 0.6) is 0 Å². The van der Waals surface area contributed by atoms with E-state index in [-0.39, 0.29) is 5.91 Å². The Balaban J connectivity index is 1.50. The summed E-state index contributed by atoms with van der Waals surface area (Å²) in [6.45, 7) is 6.96. The SMILES string of the molecule is CCN(C)C(=O)c1coc(CN(CCc2c[nH]c3ccccc23)Cc2sccc2C)n1. The van der Waals surface area contributed by atoms with Crippen molar-refractivity contribution in [3.05, 3.63) is 75.8 Å². The summed E-state index contributed by atoms with van der Waals surface area (Å²) in [5.41, 5.74) is 4.13. The number of nitrogens with one attached hydrogen (secondary N) is 1. The zero-order valence-corrected chi connectivity index (χ0v) is 19.0. The van der Waals surface area contributed by atoms with E-state index in [4.69, 9.17) is 4.42 Å². The van der Waals surface area contributed by atoms with Crippen LogP contribution in [0.3, 0.4) is 0 Å². The van der Waals surface area contributed by atoms with Gasteiger partial charge in [0.05, 0.1) is 6.54 Å². The lowest BCUT2D eigenvalue weighted by molar-refractivity contribution is 0.0796. The van der Waals surface area contributed by atoms with Gasteiger partial charge in [-0.2, -0.15) is 0 Å². The number of benzene rings is 1. The zero-order chi connectivity index (χ0) is 21.8. The highest BCUT2D eigenvalue weighted by Gasteiger charge is 2.18. The number of thiophene rings is 1. The van der Waals surface area contributed by atoms with E-state index in [2.05, 4.69) is 57.6 Å². The fourth-order valence-electron chi connectivity index (χ4n) is 3.61. The molecule has 4 rings (SSSR count). The van der Waals surface area contributed by atoms with Crippen LogP contribution in [-0.2, 0) is 19.5 Å². The lowest BCUT2D eigenvalue weighted by Gasteiger charge is -2.20. The van der Waals surface area contributed by atoms with Crippen LogP contribution in [0.1, 0.15) is 39.3 Å². The minimum absolute atomic E-state index is 0.114. The number of para-hydroxylation sites is 1. The van der Waals surface area contributed by atoms with Crippen molar-refractivity contribution in [2.75, 3.05) is 20.1 Å². The highest BCUT2D eigenvalue weighted by Crippen LogP contribution is 2.22. The number of oxazole rings is 1. The monoisotopic (exact) mass is 436 g/mol. The van der Waals surface area contributed by atoms with Gasteiger partial charge in [-0.3, -0.25) is 9.69 Å². The van der Waals surface area contributed by atoms with E-state index in [0.717, 1.165) is 25.0 Å². The van der Waals surface area contributed by atoms with Crippen molar-refractivity contribution in [3.63, 3.8) is 0 Å². The molecule has 1 aromatic carbocycles. The first-order chi connectivity index (χ1) is 15.0. The molecule has 3 aromatic heterocycles. The summed E-state index contributed by atoms with van der Waals surface area (Å²) in [4.78, 5) is 25.5. The van der Waals surface area contributed by atoms with Crippen LogP contribution in [-0.4, -0.2) is 45.8 Å². The Labute approximate surface area is 186 Å². The van der Waals surface area contributed by atoms with E-state index < -0.39 is 0 Å². The van der Waals surface area contributed by atoms with Gasteiger partial charge < -0.3 is 14.3 Å². The van der Waals surface area contributed by atoms with Crippen molar-refractivity contribution >= 4 is 28.1 Å². The maximum Gasteiger partial charge on any atom is 0.275 e. The van der Waals surface area contributed by atoms with Gasteiger partial charge in [0, 0.05) is 48.7 Å². The van der Waals surface area contributed by atoms with E-state index >= 15 is 0 Å². The number of nitrogens with zero attached hydrogens (tertiary/aromatic N) is 3. The van der Waals surface area contributed by atoms with Gasteiger partial charge in [0.2, 0.25) is 5.89 Å². The fraction of sp³-hybridized carbons (Fsp3) is 0.333. The molecule has 0 saturated carbocycles. The smallest absolute Gasteiger partial charge is 0.275 e. The Hall–Kier alpha value is -2.90. The Bertz CT molecular complexity index is 1160. The number of H-pyrrole nitrogens is 1. The standard InChI is InChI=1S/C24H28N4O2S/c1-4-27(3)24(29)21-16-30-23(26-21)15-28(14-22-17(2)10-12-31-22)11-9-18-13-25-20-8-6-5-7-19(18)20/h5-8,10,12-13,16,25H,4,9,11,14-15H2,1-3H3. The largest absolute Gasteiger partial charge is 0.447 e. The first kappa shape index (κ1) is 21.3. The van der Waals surface area contributed by atoms with Gasteiger partial charge in [-0.1, -0.05) is 18.2 Å². The predicted octanol–water partition coefficient (Wildman–Crippen LogP) is 4.86. The highest BCUT2D eigenvalue weighted by molar-refractivity contribution is 7.10. The molecule has 0 spiro atoms. The highest BCUT2D eigenvalue weighted by atomic mass is 32.1. The maximum atomic E-state index is 12.4. The van der Waals surface area contributed by atoms with Crippen molar-refractivity contribution in [1.29, 1.82) is 0 Å². The first-order valence-electron chi connectivity index (χ1n) is 10.5. The third kappa shape index (κ3) is 4.89. The summed E-state index contributed by atoms with van der Waals surface area (Å²) < 4.78 is 5.66. The average molecular weight is 437 g/mol. The second-order valence-electron chi connectivity index (χ2n) is 7.79. The Morgan fingerprint density at radius 2 is 2.06 bits per heavy atom. The van der Waals surface area contributed by atoms with E-state index in [1.54, 1.807) is 23.3 Å². The number of rotatable bonds is 9. The molecule has 0 aliphatic rings. The van der Waals surface area contributed by atoms with Gasteiger partial charge in [-0.05, 0) is 48.9 Å². The summed E-state index contributed by atoms with van der Waals surface area (Å²) >= 11 is 1.77. The van der Waals surface area contributed by atoms with Crippen LogP contribution in [0, 0.1) is 6.92 Å². The average Bonchev–Trinajstić information content (AvgIpc) is 3.51. The van der Waals surface area contributed by atoms with Crippen LogP contribution < -0.4 is 0 Å². The van der Waals surface area contributed by atoms with Gasteiger partial charge in [-0.15, -0.1) is 11.3 Å². The molecule has 0 atom stereocenters. The molecule has 0 radical (unpaired) electrons. The molecule has 0 fully saturated rings. The molecule has 3 heterocycles. The van der Waals surface area contributed by atoms with Gasteiger partial charge in [0.25, 0.3) is 5.91 Å². The van der Waals surface area contributed by atoms with Crippen molar-refractivity contribution in [3.8, 4) is 0 Å². The number of aryl methyl sites for hydroxylation is 1. The molecule has 31 heavy (non-hydrogen) atoms. The van der Waals surface area contributed by atoms with Crippen LogP contribution in [0.2, 0.25) is 0 Å². The second kappa shape index (κ2) is 9.49. The molecule has 4 aromatic rings. The van der Waals surface area contributed by atoms with Gasteiger partial charge >= 0.3 is 0 Å². The fourth-order valence-corrected chi connectivity index (χ4v) is 4.56. The number of aromatic nitrogens is 2. The predicted molar refractivity (Wildman–Crippen MR) is 124 cm³/mol. The molecule has 6 nitrogen and oxygen atoms in total. The Morgan fingerprint density at radius 1 is 1.23 bits per heavy atom. The number of hydrogen-bond acceptors (Lipinski definition) is 5. The Kier molecular flexibility index (Phi) is 6.53. The van der Waals surface area contributed by atoms with Crippen LogP contribution in [0.25, 0.3) is 10.9 Å². The number of amides is 1. The summed E-state index contributed by atoms with van der Waals surface area (Å²) in [7, 11) is 1.77. The molecule has 1 amide bonds. The summed E-state index contributed by atoms with van der Waals surface area (Å²) in [6, 6.07) is 10.5. The van der Waals surface area contributed by atoms with Gasteiger partial charge in [0.15, 0.2) is 5.69 Å². The molecule has 0 aliphatic heterocycles. The lowest BCUT2D eigenvalue weighted by atomic mass is 10.1. The summed E-state index contributed by atoms with van der Waals surface area (Å²) in [5.74, 6) is 0.456. The number of hydrogen-bond donors (Lipinski definition) is 1. The van der Waals surface area contributed by atoms with Crippen molar-refractivity contribution < 1.29 is 9.21 Å². The molecule has 1 N–H and O–H groups in total. The molecule has 0 aliphatic carbocycles. The number of carbonyl (C=O) groups excluding carboxylic acids is 1. The summed E-state index contributed by atoms with van der Waals surface area (Å²) in [5, 5.41) is 3.40. The minimum atomic E-state index is -0.114. The number of carbonyl (C=O) groups is 1. The summed E-state index contributed by atoms with van der Waals surface area (Å²) in [6.07, 6.45) is 4.49. The molecule has 162 valence electrons. The van der Waals surface area contributed by atoms with Crippen LogP contribution in [0.15, 0.2) is 52.6 Å². The lowest BCUT2D eigenvalue weighted by Crippen LogP contribution is -2.27. The number of fused-ring (bicyclic) bond motifs is 1. The molecular formula is C24H28N4O2S.